The smallest absolute Gasteiger partial charge is 0.178 e. The third-order valence-corrected chi connectivity index (χ3v) is 5.33. The van der Waals surface area contributed by atoms with E-state index < -0.39 is 11.6 Å². The Morgan fingerprint density at radius 2 is 1.54 bits per heavy atom. The van der Waals surface area contributed by atoms with Gasteiger partial charge >= 0.3 is 0 Å². The first-order valence-corrected chi connectivity index (χ1v) is 7.89. The molecule has 1 aliphatic heterocycles. The molecule has 1 aliphatic rings. The Kier molecular flexibility index (Phi) is 4.18. The van der Waals surface area contributed by atoms with Crippen molar-refractivity contribution in [1.29, 1.82) is 15.8 Å². The summed E-state index contributed by atoms with van der Waals surface area (Å²) in [4.78, 5) is 8.06. The second-order valence-electron chi connectivity index (χ2n) is 4.33. The topological polar surface area (TPSA) is 97.1 Å². The van der Waals surface area contributed by atoms with Crippen molar-refractivity contribution >= 4 is 29.1 Å². The highest BCUT2D eigenvalue weighted by atomic mass is 32.2. The highest BCUT2D eigenvalue weighted by Crippen LogP contribution is 2.52. The zero-order valence-electron chi connectivity index (χ0n) is 11.5. The maximum Gasteiger partial charge on any atom is 0.178 e. The van der Waals surface area contributed by atoms with Crippen LogP contribution in [-0.2, 0) is 0 Å². The predicted molar refractivity (Wildman–Crippen MR) is 82.1 cm³/mol. The molecule has 0 saturated carbocycles. The maximum absolute atomic E-state index is 14.0. The number of aromatic nitrogens is 2. The van der Waals surface area contributed by atoms with Crippen molar-refractivity contribution in [2.45, 2.75) is 10.1 Å². The number of fused-ring (bicyclic) bond motifs is 1. The van der Waals surface area contributed by atoms with Crippen LogP contribution in [0.2, 0.25) is 0 Å². The molecule has 0 aliphatic carbocycles. The van der Waals surface area contributed by atoms with Crippen LogP contribution in [0.3, 0.4) is 0 Å². The van der Waals surface area contributed by atoms with E-state index >= 15 is 0 Å². The average molecular weight is 355 g/mol. The second-order valence-corrected chi connectivity index (χ2v) is 6.59. The Hall–Kier alpha value is -2.93. The SMILES string of the molecule is N#CC(=C1Sc2nc(C#N)c(C#N)nc2S1)c1cccc(F)c1F. The lowest BCUT2D eigenvalue weighted by molar-refractivity contribution is 0.506. The lowest BCUT2D eigenvalue weighted by Gasteiger charge is -2.04. The normalized spacial score (nSPS) is 12.0. The molecule has 1 aromatic carbocycles. The van der Waals surface area contributed by atoms with E-state index in [2.05, 4.69) is 9.97 Å². The number of benzene rings is 1. The Balaban J connectivity index is 2.12. The summed E-state index contributed by atoms with van der Waals surface area (Å²) in [6.07, 6.45) is 0. The fraction of sp³-hybridized carbons (Fsp3) is 0. The van der Waals surface area contributed by atoms with Crippen LogP contribution in [-0.4, -0.2) is 9.97 Å². The molecule has 0 radical (unpaired) electrons. The average Bonchev–Trinajstić information content (AvgIpc) is 3.00. The Labute approximate surface area is 143 Å². The molecule has 0 spiro atoms. The van der Waals surface area contributed by atoms with Gasteiger partial charge in [0.2, 0.25) is 0 Å². The molecule has 0 amide bonds. The summed E-state index contributed by atoms with van der Waals surface area (Å²) < 4.78 is 27.7. The van der Waals surface area contributed by atoms with Crippen molar-refractivity contribution < 1.29 is 8.78 Å². The highest BCUT2D eigenvalue weighted by Gasteiger charge is 2.28. The van der Waals surface area contributed by atoms with Crippen molar-refractivity contribution in [1.82, 2.24) is 9.97 Å². The van der Waals surface area contributed by atoms with E-state index in [0.29, 0.717) is 14.3 Å². The van der Waals surface area contributed by atoms with Crippen LogP contribution >= 0.6 is 23.5 Å². The zero-order chi connectivity index (χ0) is 17.3. The number of hydrogen-bond donors (Lipinski definition) is 0. The molecule has 2 aromatic rings. The molecule has 24 heavy (non-hydrogen) atoms. The number of hydrogen-bond acceptors (Lipinski definition) is 7. The van der Waals surface area contributed by atoms with E-state index in [0.717, 1.165) is 29.6 Å². The lowest BCUT2D eigenvalue weighted by Crippen LogP contribution is -1.96. The molecular formula is C15H3F2N5S2. The van der Waals surface area contributed by atoms with Crippen molar-refractivity contribution in [3.63, 3.8) is 0 Å². The van der Waals surface area contributed by atoms with Gasteiger partial charge in [-0.2, -0.15) is 15.8 Å². The summed E-state index contributed by atoms with van der Waals surface area (Å²) in [5.74, 6) is -2.17. The van der Waals surface area contributed by atoms with Gasteiger partial charge in [-0.15, -0.1) is 0 Å². The molecule has 5 nitrogen and oxygen atoms in total. The van der Waals surface area contributed by atoms with Crippen LogP contribution in [0, 0.1) is 45.6 Å². The molecular weight excluding hydrogens is 352 g/mol. The van der Waals surface area contributed by atoms with E-state index in [9.17, 15) is 14.0 Å². The molecule has 0 bridgehead atoms. The van der Waals surface area contributed by atoms with Gasteiger partial charge in [-0.05, 0) is 6.07 Å². The maximum atomic E-state index is 14.0. The van der Waals surface area contributed by atoms with E-state index in [1.54, 1.807) is 12.1 Å². The molecule has 9 heteroatoms. The lowest BCUT2D eigenvalue weighted by atomic mass is 10.1. The Morgan fingerprint density at radius 1 is 0.958 bits per heavy atom. The van der Waals surface area contributed by atoms with E-state index in [1.807, 2.05) is 6.07 Å². The molecule has 2 heterocycles. The third kappa shape index (κ3) is 2.59. The number of nitrogens with zero attached hydrogens (tertiary/aromatic N) is 5. The minimum absolute atomic E-state index is 0.0567. The minimum Gasteiger partial charge on any atom is -0.224 e. The molecule has 3 rings (SSSR count). The first-order chi connectivity index (χ1) is 11.6. The largest absolute Gasteiger partial charge is 0.224 e. The van der Waals surface area contributed by atoms with Gasteiger partial charge in [0.25, 0.3) is 0 Å². The predicted octanol–water partition coefficient (Wildman–Crippen LogP) is 3.59. The van der Waals surface area contributed by atoms with Gasteiger partial charge in [0.05, 0.1) is 9.81 Å². The van der Waals surface area contributed by atoms with Gasteiger partial charge in [0.1, 0.15) is 28.3 Å². The summed E-state index contributed by atoms with van der Waals surface area (Å²) in [5, 5.41) is 28.0. The first kappa shape index (κ1) is 15.9. The summed E-state index contributed by atoms with van der Waals surface area (Å²) >= 11 is 2.05. The van der Waals surface area contributed by atoms with Gasteiger partial charge in [0.15, 0.2) is 23.0 Å². The van der Waals surface area contributed by atoms with E-state index in [4.69, 9.17) is 10.5 Å². The zero-order valence-corrected chi connectivity index (χ0v) is 13.2. The summed E-state index contributed by atoms with van der Waals surface area (Å²) in [7, 11) is 0. The molecule has 0 saturated heterocycles. The Bertz CT molecular complexity index is 983. The number of thioether (sulfide) groups is 2. The monoisotopic (exact) mass is 355 g/mol. The summed E-state index contributed by atoms with van der Waals surface area (Å²) in [6.45, 7) is 0. The van der Waals surface area contributed by atoms with Crippen molar-refractivity contribution in [3.05, 3.63) is 51.0 Å². The number of allylic oxidation sites excluding steroid dienone is 1. The van der Waals surface area contributed by atoms with Crippen LogP contribution in [0.5, 0.6) is 0 Å². The fourth-order valence-corrected chi connectivity index (χ4v) is 4.20. The molecule has 0 unspecified atom stereocenters. The highest BCUT2D eigenvalue weighted by molar-refractivity contribution is 8.24. The van der Waals surface area contributed by atoms with Crippen molar-refractivity contribution in [2.75, 3.05) is 0 Å². The summed E-state index contributed by atoms with van der Waals surface area (Å²) in [5.41, 5.74) is -0.470. The van der Waals surface area contributed by atoms with Crippen LogP contribution in [0.25, 0.3) is 5.57 Å². The van der Waals surface area contributed by atoms with Gasteiger partial charge in [0, 0.05) is 5.56 Å². The first-order valence-electron chi connectivity index (χ1n) is 6.25. The van der Waals surface area contributed by atoms with Crippen LogP contribution in [0.15, 0.2) is 32.5 Å². The van der Waals surface area contributed by atoms with Gasteiger partial charge in [-0.1, -0.05) is 35.7 Å². The fourth-order valence-electron chi connectivity index (χ4n) is 1.90. The van der Waals surface area contributed by atoms with Crippen molar-refractivity contribution in [3.8, 4) is 18.2 Å². The van der Waals surface area contributed by atoms with Gasteiger partial charge < -0.3 is 0 Å². The van der Waals surface area contributed by atoms with Crippen LogP contribution in [0.1, 0.15) is 17.0 Å². The number of halogens is 2. The molecule has 0 N–H and O–H groups in total. The Morgan fingerprint density at radius 3 is 2.04 bits per heavy atom. The van der Waals surface area contributed by atoms with Crippen LogP contribution in [0.4, 0.5) is 8.78 Å². The molecule has 0 atom stereocenters. The molecule has 114 valence electrons. The van der Waals surface area contributed by atoms with Gasteiger partial charge in [-0.25, -0.2) is 18.7 Å². The standard InChI is InChI=1S/C15H3F2N5S2/c16-9-3-1-2-7(12(9)17)8(4-18)15-23-13-14(24-15)22-11(6-20)10(5-19)21-13/h1-3H. The minimum atomic E-state index is -1.12. The van der Waals surface area contributed by atoms with Gasteiger partial charge in [-0.3, -0.25) is 0 Å². The van der Waals surface area contributed by atoms with E-state index in [-0.39, 0.29) is 22.5 Å². The molecule has 1 aromatic heterocycles. The second kappa shape index (κ2) is 6.29. The number of rotatable bonds is 1. The summed E-state index contributed by atoms with van der Waals surface area (Å²) in [6, 6.07) is 8.98. The van der Waals surface area contributed by atoms with Crippen molar-refractivity contribution in [2.24, 2.45) is 0 Å². The van der Waals surface area contributed by atoms with Crippen LogP contribution < -0.4 is 0 Å². The quantitative estimate of drug-likeness (QED) is 0.721. The molecule has 0 fully saturated rings. The van der Waals surface area contributed by atoms with E-state index in [1.165, 1.54) is 12.1 Å². The third-order valence-electron chi connectivity index (χ3n) is 2.96. The number of nitriles is 3.